The highest BCUT2D eigenvalue weighted by molar-refractivity contribution is 6.04. The molecule has 2 aromatic carbocycles. The lowest BCUT2D eigenvalue weighted by Gasteiger charge is -2.31. The van der Waals surface area contributed by atoms with Gasteiger partial charge in [-0.1, -0.05) is 24.8 Å². The van der Waals surface area contributed by atoms with Crippen LogP contribution in [-0.2, 0) is 0 Å². The number of terminal acetylenes is 1. The molecule has 0 unspecified atom stereocenters. The minimum absolute atomic E-state index is 0.0384. The number of alkyl halides is 1. The number of hydrogen-bond acceptors (Lipinski definition) is 9. The van der Waals surface area contributed by atoms with Crippen LogP contribution in [0.15, 0.2) is 24.3 Å². The highest BCUT2D eigenvalue weighted by Crippen LogP contribution is 2.43. The summed E-state index contributed by atoms with van der Waals surface area (Å²) in [5.41, 5.74) is -2.05. The van der Waals surface area contributed by atoms with Gasteiger partial charge in [0.25, 0.3) is 0 Å². The van der Waals surface area contributed by atoms with Crippen molar-refractivity contribution in [1.82, 2.24) is 19.9 Å². The first-order valence-electron chi connectivity index (χ1n) is 15.5. The van der Waals surface area contributed by atoms with Crippen molar-refractivity contribution in [2.45, 2.75) is 62.3 Å². The third-order valence-corrected chi connectivity index (χ3v) is 9.73. The van der Waals surface area contributed by atoms with Gasteiger partial charge < -0.3 is 25.0 Å². The molecule has 0 bridgehead atoms. The quantitative estimate of drug-likeness (QED) is 0.217. The molecule has 46 heavy (non-hydrogen) atoms. The van der Waals surface area contributed by atoms with Crippen molar-refractivity contribution in [3.63, 3.8) is 0 Å². The van der Waals surface area contributed by atoms with E-state index in [2.05, 4.69) is 31.1 Å². The maximum atomic E-state index is 16.8. The van der Waals surface area contributed by atoms with Crippen molar-refractivity contribution in [3.8, 4) is 41.2 Å². The molecule has 0 spiro atoms. The number of methoxy groups -OCH3 is 1. The van der Waals surface area contributed by atoms with Crippen molar-refractivity contribution in [2.24, 2.45) is 0 Å². The largest absolute Gasteiger partial charge is 0.508 e. The van der Waals surface area contributed by atoms with E-state index in [0.717, 1.165) is 32.2 Å². The van der Waals surface area contributed by atoms with E-state index >= 15 is 4.39 Å². The van der Waals surface area contributed by atoms with E-state index in [1.165, 1.54) is 31.4 Å². The van der Waals surface area contributed by atoms with E-state index in [1.54, 1.807) is 0 Å². The molecule has 4 heterocycles. The van der Waals surface area contributed by atoms with Crippen LogP contribution in [0.25, 0.3) is 32.9 Å². The Hall–Kier alpha value is -4.34. The van der Waals surface area contributed by atoms with Crippen LogP contribution in [0.2, 0.25) is 0 Å². The zero-order valence-corrected chi connectivity index (χ0v) is 25.4. The van der Waals surface area contributed by atoms with Crippen LogP contribution in [0.4, 0.5) is 19.0 Å². The number of anilines is 1. The first-order chi connectivity index (χ1) is 22.1. The Morgan fingerprint density at radius 1 is 1.11 bits per heavy atom. The molecule has 0 amide bonds. The lowest BCUT2D eigenvalue weighted by atomic mass is 9.95. The average Bonchev–Trinajstić information content (AvgIpc) is 3.73. The summed E-state index contributed by atoms with van der Waals surface area (Å²) < 4.78 is 57.9. The summed E-state index contributed by atoms with van der Waals surface area (Å²) in [4.78, 5) is 15.6. The Morgan fingerprint density at radius 2 is 1.91 bits per heavy atom. The fourth-order valence-electron chi connectivity index (χ4n) is 7.50. The van der Waals surface area contributed by atoms with Crippen LogP contribution in [0.1, 0.15) is 50.5 Å². The minimum atomic E-state index is -0.975. The molecule has 240 valence electrons. The lowest BCUT2D eigenvalue weighted by molar-refractivity contribution is 0.0613. The van der Waals surface area contributed by atoms with E-state index in [9.17, 15) is 19.0 Å². The predicted octanol–water partition coefficient (Wildman–Crippen LogP) is 5.49. The number of ether oxygens (including phenoxy) is 2. The molecule has 1 aliphatic carbocycles. The van der Waals surface area contributed by atoms with Crippen molar-refractivity contribution >= 4 is 27.5 Å². The Kier molecular flexibility index (Phi) is 7.56. The molecule has 9 nitrogen and oxygen atoms in total. The smallest absolute Gasteiger partial charge is 0.319 e. The monoisotopic (exact) mass is 633 g/mol. The number of aromatic nitrogens is 3. The number of nitrogens with one attached hydrogen (secondary N) is 1. The fraction of sp³-hybridized carbons (Fsp3) is 0.441. The molecule has 2 aliphatic heterocycles. The van der Waals surface area contributed by atoms with Gasteiger partial charge in [0, 0.05) is 30.5 Å². The molecule has 2 aromatic heterocycles. The number of phenols is 1. The summed E-state index contributed by atoms with van der Waals surface area (Å²) in [6.45, 7) is 1.36. The number of pyridine rings is 1. The van der Waals surface area contributed by atoms with Gasteiger partial charge in [-0.15, -0.1) is 6.42 Å². The van der Waals surface area contributed by atoms with Gasteiger partial charge in [-0.05, 0) is 55.8 Å². The molecule has 4 aromatic rings. The van der Waals surface area contributed by atoms with Crippen LogP contribution in [0.5, 0.6) is 17.6 Å². The topological polar surface area (TPSA) is 113 Å². The second-order valence-electron chi connectivity index (χ2n) is 12.7. The molecule has 3 aliphatic rings. The number of aromatic hydroxyl groups is 1. The fourth-order valence-corrected chi connectivity index (χ4v) is 7.50. The maximum Gasteiger partial charge on any atom is 0.319 e. The third-order valence-electron chi connectivity index (χ3n) is 9.73. The highest BCUT2D eigenvalue weighted by Gasteiger charge is 2.49. The summed E-state index contributed by atoms with van der Waals surface area (Å²) in [6.07, 6.45) is 9.67. The minimum Gasteiger partial charge on any atom is -0.508 e. The maximum absolute atomic E-state index is 16.8. The van der Waals surface area contributed by atoms with E-state index in [4.69, 9.17) is 15.9 Å². The van der Waals surface area contributed by atoms with E-state index in [0.29, 0.717) is 31.2 Å². The molecule has 0 radical (unpaired) electrons. The van der Waals surface area contributed by atoms with Crippen molar-refractivity contribution < 1.29 is 32.9 Å². The Balaban J connectivity index is 1.39. The van der Waals surface area contributed by atoms with Gasteiger partial charge in [-0.3, -0.25) is 4.90 Å². The van der Waals surface area contributed by atoms with E-state index < -0.39 is 28.9 Å². The van der Waals surface area contributed by atoms with Gasteiger partial charge in [0.1, 0.15) is 46.8 Å². The molecule has 2 atom stereocenters. The van der Waals surface area contributed by atoms with E-state index in [-0.39, 0.29) is 69.7 Å². The molecule has 1 saturated carbocycles. The second kappa shape index (κ2) is 11.5. The summed E-state index contributed by atoms with van der Waals surface area (Å²) >= 11 is 0. The van der Waals surface area contributed by atoms with Gasteiger partial charge in [0.2, 0.25) is 5.88 Å². The van der Waals surface area contributed by atoms with E-state index in [1.807, 2.05) is 0 Å². The lowest BCUT2D eigenvalue weighted by Crippen LogP contribution is -2.43. The van der Waals surface area contributed by atoms with Crippen LogP contribution in [-0.4, -0.2) is 80.7 Å². The van der Waals surface area contributed by atoms with Gasteiger partial charge in [-0.2, -0.15) is 9.97 Å². The van der Waals surface area contributed by atoms with Crippen LogP contribution in [0, 0.1) is 24.0 Å². The SMILES string of the molecule is C#Cc1c(F)ccc2cc(O)cc(-c3nc(OC)c4c(NCC5(O)CCCC5)nc(OC[C@@]56CCCN5C[C@H](F)C6)nc4c3F)c12. The number of halogens is 3. The first kappa shape index (κ1) is 30.3. The Bertz CT molecular complexity index is 1890. The molecule has 7 rings (SSSR count). The number of fused-ring (bicyclic) bond motifs is 3. The molecule has 3 N–H and O–H groups in total. The Labute approximate surface area is 263 Å². The number of phenolic OH excluding ortho intramolecular Hbond substituents is 1. The van der Waals surface area contributed by atoms with Crippen molar-refractivity contribution in [3.05, 3.63) is 41.5 Å². The van der Waals surface area contributed by atoms with Crippen molar-refractivity contribution in [2.75, 3.05) is 38.7 Å². The van der Waals surface area contributed by atoms with Gasteiger partial charge in [0.15, 0.2) is 5.82 Å². The van der Waals surface area contributed by atoms with Crippen LogP contribution >= 0.6 is 0 Å². The predicted molar refractivity (Wildman–Crippen MR) is 167 cm³/mol. The summed E-state index contributed by atoms with van der Waals surface area (Å²) in [5, 5.41) is 25.5. The highest BCUT2D eigenvalue weighted by atomic mass is 19.1. The van der Waals surface area contributed by atoms with Gasteiger partial charge in [0.05, 0.1) is 23.8 Å². The number of benzene rings is 2. The number of aliphatic hydroxyl groups is 1. The number of nitrogens with zero attached hydrogens (tertiary/aromatic N) is 4. The van der Waals surface area contributed by atoms with Gasteiger partial charge >= 0.3 is 6.01 Å². The molecule has 2 saturated heterocycles. The zero-order valence-electron chi connectivity index (χ0n) is 25.4. The summed E-state index contributed by atoms with van der Waals surface area (Å²) in [7, 11) is 1.36. The summed E-state index contributed by atoms with van der Waals surface area (Å²) in [5.74, 6) is 0.621. The first-order valence-corrected chi connectivity index (χ1v) is 15.5. The second-order valence-corrected chi connectivity index (χ2v) is 12.7. The Morgan fingerprint density at radius 3 is 2.67 bits per heavy atom. The van der Waals surface area contributed by atoms with Gasteiger partial charge in [-0.25, -0.2) is 18.2 Å². The molecular weight excluding hydrogens is 599 g/mol. The number of hydrogen-bond donors (Lipinski definition) is 3. The standard InChI is InChI=1S/C34H34F3N5O4/c1-3-22-24(36)8-7-19-13-21(43)14-23(25(19)22)28-27(37)29-26(31(39-28)45-2)30(38-17-34(44)10-4-5-11-34)41-32(40-29)46-18-33-9-6-12-42(33)16-20(35)15-33/h1,7-8,13-14,20,43-44H,4-6,9-12,15-18H2,2H3,(H,38,40,41)/t20-,33+/m1/s1. The molecule has 12 heteroatoms. The van der Waals surface area contributed by atoms with Crippen molar-refractivity contribution in [1.29, 1.82) is 0 Å². The third kappa shape index (κ3) is 5.11. The van der Waals surface area contributed by atoms with Crippen LogP contribution < -0.4 is 14.8 Å². The summed E-state index contributed by atoms with van der Waals surface area (Å²) in [6, 6.07) is 5.13. The normalized spacial score (nSPS) is 22.3. The van der Waals surface area contributed by atoms with Crippen LogP contribution in [0.3, 0.4) is 0 Å². The molecular formula is C34H34F3N5O4. The zero-order chi connectivity index (χ0) is 32.2. The molecule has 3 fully saturated rings. The average molecular weight is 634 g/mol. The number of rotatable bonds is 8.